The van der Waals surface area contributed by atoms with Crippen LogP contribution in [-0.2, 0) is 11.3 Å². The summed E-state index contributed by atoms with van der Waals surface area (Å²) < 4.78 is 5.77. The number of hydrogen-bond donors (Lipinski definition) is 1. The SMILES string of the molecule is CCCNCc1ccc(N2C[C@@H](C)O[C@@H](C)C2)cc1Cl. The maximum Gasteiger partial charge on any atom is 0.0726 e. The van der Waals surface area contributed by atoms with Crippen LogP contribution in [0, 0.1) is 0 Å². The van der Waals surface area contributed by atoms with Crippen molar-refractivity contribution in [3.8, 4) is 0 Å². The third kappa shape index (κ3) is 4.11. The Hall–Kier alpha value is -0.770. The van der Waals surface area contributed by atoms with E-state index in [0.717, 1.165) is 37.6 Å². The number of nitrogens with zero attached hydrogens (tertiary/aromatic N) is 1. The summed E-state index contributed by atoms with van der Waals surface area (Å²) >= 11 is 6.40. The van der Waals surface area contributed by atoms with Crippen molar-refractivity contribution in [2.45, 2.75) is 45.9 Å². The predicted molar refractivity (Wildman–Crippen MR) is 85.7 cm³/mol. The molecule has 2 rings (SSSR count). The zero-order valence-electron chi connectivity index (χ0n) is 12.7. The summed E-state index contributed by atoms with van der Waals surface area (Å²) in [5.41, 5.74) is 2.36. The molecule has 2 atom stereocenters. The van der Waals surface area contributed by atoms with E-state index in [1.807, 2.05) is 0 Å². The molecule has 1 aromatic rings. The number of halogens is 1. The number of nitrogens with one attached hydrogen (secondary N) is 1. The van der Waals surface area contributed by atoms with Crippen LogP contribution in [0.15, 0.2) is 18.2 Å². The molecule has 112 valence electrons. The van der Waals surface area contributed by atoms with Gasteiger partial charge in [-0.15, -0.1) is 0 Å². The molecule has 0 saturated carbocycles. The Bertz CT molecular complexity index is 428. The monoisotopic (exact) mass is 296 g/mol. The molecule has 1 saturated heterocycles. The molecule has 0 bridgehead atoms. The molecule has 0 amide bonds. The first-order valence-electron chi connectivity index (χ1n) is 7.49. The summed E-state index contributed by atoms with van der Waals surface area (Å²) in [6.07, 6.45) is 1.67. The molecule has 20 heavy (non-hydrogen) atoms. The molecule has 0 aliphatic carbocycles. The van der Waals surface area contributed by atoms with Gasteiger partial charge in [0.15, 0.2) is 0 Å². The molecule has 1 heterocycles. The van der Waals surface area contributed by atoms with Gasteiger partial charge in [0.05, 0.1) is 12.2 Å². The smallest absolute Gasteiger partial charge is 0.0726 e. The van der Waals surface area contributed by atoms with Crippen LogP contribution in [0.25, 0.3) is 0 Å². The summed E-state index contributed by atoms with van der Waals surface area (Å²) in [6.45, 7) is 10.1. The Labute approximate surface area is 127 Å². The average molecular weight is 297 g/mol. The molecular weight excluding hydrogens is 272 g/mol. The summed E-state index contributed by atoms with van der Waals surface area (Å²) in [7, 11) is 0. The minimum absolute atomic E-state index is 0.267. The normalized spacial score (nSPS) is 23.1. The second-order valence-electron chi connectivity index (χ2n) is 5.61. The highest BCUT2D eigenvalue weighted by molar-refractivity contribution is 6.31. The van der Waals surface area contributed by atoms with Crippen molar-refractivity contribution in [1.82, 2.24) is 5.32 Å². The molecule has 0 radical (unpaired) electrons. The van der Waals surface area contributed by atoms with Crippen molar-refractivity contribution in [1.29, 1.82) is 0 Å². The van der Waals surface area contributed by atoms with Gasteiger partial charge in [-0.3, -0.25) is 0 Å². The van der Waals surface area contributed by atoms with Gasteiger partial charge in [-0.1, -0.05) is 24.6 Å². The lowest BCUT2D eigenvalue weighted by molar-refractivity contribution is -0.00521. The number of anilines is 1. The van der Waals surface area contributed by atoms with E-state index in [4.69, 9.17) is 16.3 Å². The van der Waals surface area contributed by atoms with E-state index in [1.165, 1.54) is 11.3 Å². The first kappa shape index (κ1) is 15.6. The van der Waals surface area contributed by atoms with E-state index in [-0.39, 0.29) is 12.2 Å². The van der Waals surface area contributed by atoms with Gasteiger partial charge in [-0.25, -0.2) is 0 Å². The fraction of sp³-hybridized carbons (Fsp3) is 0.625. The minimum atomic E-state index is 0.267. The van der Waals surface area contributed by atoms with Gasteiger partial charge in [-0.2, -0.15) is 0 Å². The van der Waals surface area contributed by atoms with Crippen LogP contribution in [-0.4, -0.2) is 31.8 Å². The highest BCUT2D eigenvalue weighted by Gasteiger charge is 2.22. The fourth-order valence-corrected chi connectivity index (χ4v) is 2.91. The van der Waals surface area contributed by atoms with E-state index < -0.39 is 0 Å². The number of ether oxygens (including phenoxy) is 1. The zero-order valence-corrected chi connectivity index (χ0v) is 13.4. The van der Waals surface area contributed by atoms with Crippen LogP contribution < -0.4 is 10.2 Å². The van der Waals surface area contributed by atoms with Gasteiger partial charge in [0.2, 0.25) is 0 Å². The molecule has 1 aliphatic heterocycles. The summed E-state index contributed by atoms with van der Waals surface area (Å²) in [4.78, 5) is 2.36. The highest BCUT2D eigenvalue weighted by Crippen LogP contribution is 2.26. The standard InChI is InChI=1S/C16H25ClN2O/c1-4-7-18-9-14-5-6-15(8-16(14)17)19-10-12(2)20-13(3)11-19/h5-6,8,12-13,18H,4,7,9-11H2,1-3H3/t12-,13+. The Morgan fingerprint density at radius 1 is 1.30 bits per heavy atom. The van der Waals surface area contributed by atoms with Crippen molar-refractivity contribution in [2.24, 2.45) is 0 Å². The van der Waals surface area contributed by atoms with Gasteiger partial charge in [0, 0.05) is 30.3 Å². The van der Waals surface area contributed by atoms with E-state index in [9.17, 15) is 0 Å². The minimum Gasteiger partial charge on any atom is -0.372 e. The number of hydrogen-bond acceptors (Lipinski definition) is 3. The average Bonchev–Trinajstić information content (AvgIpc) is 2.39. The number of morpholine rings is 1. The van der Waals surface area contributed by atoms with E-state index in [1.54, 1.807) is 0 Å². The maximum absolute atomic E-state index is 6.40. The van der Waals surface area contributed by atoms with Crippen LogP contribution >= 0.6 is 11.6 Å². The van der Waals surface area contributed by atoms with E-state index in [0.29, 0.717) is 0 Å². The third-order valence-electron chi connectivity index (χ3n) is 3.56. The van der Waals surface area contributed by atoms with Crippen molar-refractivity contribution in [2.75, 3.05) is 24.5 Å². The Kier molecular flexibility index (Phi) is 5.70. The highest BCUT2D eigenvalue weighted by atomic mass is 35.5. The molecule has 1 N–H and O–H groups in total. The molecule has 0 spiro atoms. The van der Waals surface area contributed by atoms with Gasteiger partial charge >= 0.3 is 0 Å². The Morgan fingerprint density at radius 3 is 2.60 bits per heavy atom. The van der Waals surface area contributed by atoms with Crippen molar-refractivity contribution >= 4 is 17.3 Å². The Morgan fingerprint density at radius 2 is 2.00 bits per heavy atom. The summed E-state index contributed by atoms with van der Waals surface area (Å²) in [6, 6.07) is 6.37. The van der Waals surface area contributed by atoms with Crippen molar-refractivity contribution in [3.05, 3.63) is 28.8 Å². The van der Waals surface area contributed by atoms with Crippen molar-refractivity contribution < 1.29 is 4.74 Å². The lowest BCUT2D eigenvalue weighted by atomic mass is 10.1. The van der Waals surface area contributed by atoms with Crippen LogP contribution in [0.1, 0.15) is 32.8 Å². The van der Waals surface area contributed by atoms with E-state index >= 15 is 0 Å². The predicted octanol–water partition coefficient (Wildman–Crippen LogP) is 3.45. The lowest BCUT2D eigenvalue weighted by Crippen LogP contribution is -2.45. The van der Waals surface area contributed by atoms with Crippen molar-refractivity contribution in [3.63, 3.8) is 0 Å². The first-order chi connectivity index (χ1) is 9.60. The molecule has 0 unspecified atom stereocenters. The quantitative estimate of drug-likeness (QED) is 0.842. The second kappa shape index (κ2) is 7.30. The molecule has 1 aliphatic rings. The first-order valence-corrected chi connectivity index (χ1v) is 7.87. The third-order valence-corrected chi connectivity index (χ3v) is 3.92. The van der Waals surface area contributed by atoms with Gasteiger partial charge in [-0.05, 0) is 44.5 Å². The topological polar surface area (TPSA) is 24.5 Å². The van der Waals surface area contributed by atoms with Gasteiger partial charge in [0.1, 0.15) is 0 Å². The van der Waals surface area contributed by atoms with Crippen LogP contribution in [0.3, 0.4) is 0 Å². The molecule has 1 aromatic carbocycles. The lowest BCUT2D eigenvalue weighted by Gasteiger charge is -2.37. The summed E-state index contributed by atoms with van der Waals surface area (Å²) in [5.74, 6) is 0. The number of rotatable bonds is 5. The fourth-order valence-electron chi connectivity index (χ4n) is 2.66. The van der Waals surface area contributed by atoms with Crippen LogP contribution in [0.2, 0.25) is 5.02 Å². The van der Waals surface area contributed by atoms with Gasteiger partial charge < -0.3 is 15.0 Å². The second-order valence-corrected chi connectivity index (χ2v) is 6.02. The molecular formula is C16H25ClN2O. The Balaban J connectivity index is 2.04. The molecule has 0 aromatic heterocycles. The maximum atomic E-state index is 6.40. The molecule has 3 nitrogen and oxygen atoms in total. The largest absolute Gasteiger partial charge is 0.372 e. The molecule has 1 fully saturated rings. The van der Waals surface area contributed by atoms with Crippen LogP contribution in [0.4, 0.5) is 5.69 Å². The summed E-state index contributed by atoms with van der Waals surface area (Å²) in [5, 5.41) is 4.23. The zero-order chi connectivity index (χ0) is 14.5. The molecule has 4 heteroatoms. The van der Waals surface area contributed by atoms with Crippen LogP contribution in [0.5, 0.6) is 0 Å². The van der Waals surface area contributed by atoms with E-state index in [2.05, 4.69) is 49.2 Å². The number of benzene rings is 1. The van der Waals surface area contributed by atoms with Gasteiger partial charge in [0.25, 0.3) is 0 Å².